The van der Waals surface area contributed by atoms with Crippen LogP contribution >= 0.6 is 0 Å². The Morgan fingerprint density at radius 1 is 1.30 bits per heavy atom. The fourth-order valence-corrected chi connectivity index (χ4v) is 2.89. The molecule has 1 rings (SSSR count). The number of carbonyl (C=O) groups excluding carboxylic acids is 1. The summed E-state index contributed by atoms with van der Waals surface area (Å²) in [4.78, 5) is 21.8. The molecule has 20 heavy (non-hydrogen) atoms. The first-order chi connectivity index (χ1) is 9.19. The van der Waals surface area contributed by atoms with Gasteiger partial charge >= 0.3 is 11.9 Å². The van der Waals surface area contributed by atoms with Crippen molar-refractivity contribution >= 4 is 22.0 Å². The summed E-state index contributed by atoms with van der Waals surface area (Å²) in [6.07, 6.45) is 0. The van der Waals surface area contributed by atoms with E-state index in [1.807, 2.05) is 4.72 Å². The van der Waals surface area contributed by atoms with Crippen LogP contribution in [0.2, 0.25) is 0 Å². The average Bonchev–Trinajstić information content (AvgIpc) is 2.38. The lowest BCUT2D eigenvalue weighted by Crippen LogP contribution is -2.30. The molecule has 0 aliphatic heterocycles. The number of carboxylic acid groups (broad SMARTS) is 1. The van der Waals surface area contributed by atoms with Crippen molar-refractivity contribution in [1.29, 1.82) is 0 Å². The fraction of sp³-hybridized carbons (Fsp3) is 0.333. The third-order valence-corrected chi connectivity index (χ3v) is 4.27. The smallest absolute Gasteiger partial charge is 0.337 e. The van der Waals surface area contributed by atoms with Crippen LogP contribution in [-0.4, -0.2) is 39.1 Å². The van der Waals surface area contributed by atoms with E-state index in [0.717, 1.165) is 0 Å². The Hall–Kier alpha value is -1.93. The van der Waals surface area contributed by atoms with Gasteiger partial charge in [0.25, 0.3) is 0 Å². The van der Waals surface area contributed by atoms with Crippen molar-refractivity contribution in [2.24, 2.45) is 0 Å². The first-order valence-electron chi connectivity index (χ1n) is 5.60. The van der Waals surface area contributed by atoms with Crippen LogP contribution < -0.4 is 4.72 Å². The van der Waals surface area contributed by atoms with E-state index in [2.05, 4.69) is 4.74 Å². The number of benzene rings is 1. The molecule has 110 valence electrons. The maximum absolute atomic E-state index is 12.0. The lowest BCUT2D eigenvalue weighted by atomic mass is 10.1. The summed E-state index contributed by atoms with van der Waals surface area (Å²) in [5.41, 5.74) is 1.12. The lowest BCUT2D eigenvalue weighted by molar-refractivity contribution is -0.135. The summed E-state index contributed by atoms with van der Waals surface area (Å²) < 4.78 is 30.6. The van der Waals surface area contributed by atoms with Gasteiger partial charge in [0.15, 0.2) is 0 Å². The third-order valence-electron chi connectivity index (χ3n) is 2.74. The minimum absolute atomic E-state index is 0.0892. The topological polar surface area (TPSA) is 110 Å². The minimum Gasteiger partial charge on any atom is -0.480 e. The van der Waals surface area contributed by atoms with Gasteiger partial charge in [-0.2, -0.15) is 4.72 Å². The summed E-state index contributed by atoms with van der Waals surface area (Å²) >= 11 is 0. The van der Waals surface area contributed by atoms with Crippen molar-refractivity contribution in [2.75, 3.05) is 13.7 Å². The van der Waals surface area contributed by atoms with E-state index in [4.69, 9.17) is 5.11 Å². The molecule has 0 amide bonds. The summed E-state index contributed by atoms with van der Waals surface area (Å²) in [5.74, 6) is -1.96. The predicted molar refractivity (Wildman–Crippen MR) is 70.1 cm³/mol. The Bertz CT molecular complexity index is 650. The number of ether oxygens (including phenoxy) is 1. The normalized spacial score (nSPS) is 11.2. The van der Waals surface area contributed by atoms with E-state index >= 15 is 0 Å². The van der Waals surface area contributed by atoms with E-state index in [0.29, 0.717) is 11.1 Å². The van der Waals surface area contributed by atoms with Gasteiger partial charge in [-0.25, -0.2) is 13.2 Å². The molecule has 0 fully saturated rings. The molecule has 1 aromatic rings. The number of rotatable bonds is 5. The Morgan fingerprint density at radius 3 is 2.40 bits per heavy atom. The number of carboxylic acids is 1. The minimum atomic E-state index is -4.01. The van der Waals surface area contributed by atoms with E-state index in [-0.39, 0.29) is 10.5 Å². The molecule has 0 saturated carbocycles. The zero-order valence-electron chi connectivity index (χ0n) is 11.3. The number of sulfonamides is 1. The Kier molecular flexibility index (Phi) is 4.85. The van der Waals surface area contributed by atoms with Crippen LogP contribution in [0.4, 0.5) is 0 Å². The molecule has 2 N–H and O–H groups in total. The average molecular weight is 301 g/mol. The van der Waals surface area contributed by atoms with Crippen LogP contribution in [0.5, 0.6) is 0 Å². The van der Waals surface area contributed by atoms with Gasteiger partial charge in [0.2, 0.25) is 10.0 Å². The predicted octanol–water partition coefficient (Wildman–Crippen LogP) is 0.453. The van der Waals surface area contributed by atoms with E-state index in [9.17, 15) is 18.0 Å². The standard InChI is InChI=1S/C12H15NO6S/c1-7-4-9(12(16)19-3)5-10(8(7)2)20(17,18)13-6-11(14)15/h4-5,13H,6H2,1-3H3,(H,14,15). The molecule has 0 aromatic heterocycles. The van der Waals surface area contributed by atoms with Crippen LogP contribution in [0.3, 0.4) is 0 Å². The van der Waals surface area contributed by atoms with Crippen molar-refractivity contribution in [2.45, 2.75) is 18.7 Å². The van der Waals surface area contributed by atoms with Gasteiger partial charge in [0.05, 0.1) is 17.6 Å². The second-order valence-electron chi connectivity index (χ2n) is 4.13. The molecule has 1 aromatic carbocycles. The largest absolute Gasteiger partial charge is 0.480 e. The summed E-state index contributed by atoms with van der Waals surface area (Å²) in [6.45, 7) is 2.49. The number of methoxy groups -OCH3 is 1. The van der Waals surface area contributed by atoms with Crippen molar-refractivity contribution in [3.05, 3.63) is 28.8 Å². The highest BCUT2D eigenvalue weighted by Gasteiger charge is 2.21. The molecule has 7 nitrogen and oxygen atoms in total. The zero-order chi connectivity index (χ0) is 15.5. The van der Waals surface area contributed by atoms with Gasteiger partial charge in [0.1, 0.15) is 6.54 Å². The zero-order valence-corrected chi connectivity index (χ0v) is 12.1. The highest BCUT2D eigenvalue weighted by molar-refractivity contribution is 7.89. The van der Waals surface area contributed by atoms with E-state index in [1.165, 1.54) is 19.2 Å². The molecule has 8 heteroatoms. The van der Waals surface area contributed by atoms with Crippen LogP contribution in [0.15, 0.2) is 17.0 Å². The number of hydrogen-bond acceptors (Lipinski definition) is 5. The maximum atomic E-state index is 12.0. The van der Waals surface area contributed by atoms with Crippen LogP contribution in [0.1, 0.15) is 21.5 Å². The molecule has 0 saturated heterocycles. The van der Waals surface area contributed by atoms with E-state index < -0.39 is 28.5 Å². The molecule has 0 unspecified atom stereocenters. The Balaban J connectivity index is 3.33. The SMILES string of the molecule is COC(=O)c1cc(C)c(C)c(S(=O)(=O)NCC(=O)O)c1. The van der Waals surface area contributed by atoms with Gasteiger partial charge in [-0.15, -0.1) is 0 Å². The molecule has 0 bridgehead atoms. The molecule has 0 radical (unpaired) electrons. The molecule has 0 aliphatic rings. The summed E-state index contributed by atoms with van der Waals surface area (Å²) in [5, 5.41) is 8.53. The maximum Gasteiger partial charge on any atom is 0.337 e. The first-order valence-corrected chi connectivity index (χ1v) is 7.08. The fourth-order valence-electron chi connectivity index (χ4n) is 1.58. The lowest BCUT2D eigenvalue weighted by Gasteiger charge is -2.12. The second-order valence-corrected chi connectivity index (χ2v) is 5.86. The van der Waals surface area contributed by atoms with Crippen LogP contribution in [0, 0.1) is 13.8 Å². The molecular weight excluding hydrogens is 286 g/mol. The van der Waals surface area contributed by atoms with Gasteiger partial charge in [-0.05, 0) is 37.1 Å². The summed E-state index contributed by atoms with van der Waals surface area (Å²) in [7, 11) is -2.82. The molecular formula is C12H15NO6S. The van der Waals surface area contributed by atoms with Crippen molar-refractivity contribution in [3.63, 3.8) is 0 Å². The molecule has 0 atom stereocenters. The molecule has 0 heterocycles. The number of hydrogen-bond donors (Lipinski definition) is 2. The van der Waals surface area contributed by atoms with Gasteiger partial charge in [0, 0.05) is 0 Å². The first kappa shape index (κ1) is 16.1. The van der Waals surface area contributed by atoms with Crippen molar-refractivity contribution in [1.82, 2.24) is 4.72 Å². The highest BCUT2D eigenvalue weighted by atomic mass is 32.2. The quantitative estimate of drug-likeness (QED) is 0.764. The number of nitrogens with one attached hydrogen (secondary N) is 1. The number of aliphatic carboxylic acids is 1. The number of carbonyl (C=O) groups is 2. The Labute approximate surface area is 116 Å². The van der Waals surface area contributed by atoms with Gasteiger partial charge < -0.3 is 9.84 Å². The molecule has 0 aliphatic carbocycles. The van der Waals surface area contributed by atoms with Crippen molar-refractivity contribution in [3.8, 4) is 0 Å². The molecule has 0 spiro atoms. The Morgan fingerprint density at radius 2 is 1.90 bits per heavy atom. The third kappa shape index (κ3) is 3.55. The van der Waals surface area contributed by atoms with Crippen molar-refractivity contribution < 1.29 is 27.9 Å². The van der Waals surface area contributed by atoms with Crippen LogP contribution in [0.25, 0.3) is 0 Å². The number of esters is 1. The monoisotopic (exact) mass is 301 g/mol. The highest BCUT2D eigenvalue weighted by Crippen LogP contribution is 2.21. The second kappa shape index (κ2) is 6.02. The van der Waals surface area contributed by atoms with Crippen LogP contribution in [-0.2, 0) is 19.6 Å². The van der Waals surface area contributed by atoms with E-state index in [1.54, 1.807) is 13.8 Å². The number of aryl methyl sites for hydroxylation is 1. The summed E-state index contributed by atoms with van der Waals surface area (Å²) in [6, 6.07) is 2.68. The van der Waals surface area contributed by atoms with Gasteiger partial charge in [-0.1, -0.05) is 0 Å². The van der Waals surface area contributed by atoms with Gasteiger partial charge in [-0.3, -0.25) is 4.79 Å².